The summed E-state index contributed by atoms with van der Waals surface area (Å²) in [5.74, 6) is 0.166. The van der Waals surface area contributed by atoms with Crippen LogP contribution in [0.15, 0.2) is 48.5 Å². The van der Waals surface area contributed by atoms with Gasteiger partial charge in [0.15, 0.2) is 0 Å². The average molecular weight is 254 g/mol. The van der Waals surface area contributed by atoms with Crippen LogP contribution in [0.4, 0.5) is 4.39 Å². The summed E-state index contributed by atoms with van der Waals surface area (Å²) in [6.07, 6.45) is 0.902. The predicted octanol–water partition coefficient (Wildman–Crippen LogP) is 3.21. The Morgan fingerprint density at radius 3 is 2.68 bits per heavy atom. The smallest absolute Gasteiger partial charge is 0.128 e. The highest BCUT2D eigenvalue weighted by molar-refractivity contribution is 6.00. The maximum atomic E-state index is 13.2. The molecule has 0 amide bonds. The number of fused-ring (bicyclic) bond motifs is 1. The highest BCUT2D eigenvalue weighted by Gasteiger charge is 2.23. The van der Waals surface area contributed by atoms with Crippen LogP contribution in [0, 0.1) is 11.2 Å². The van der Waals surface area contributed by atoms with Crippen molar-refractivity contribution in [3.63, 3.8) is 0 Å². The largest absolute Gasteiger partial charge is 0.352 e. The molecule has 1 aliphatic heterocycles. The quantitative estimate of drug-likeness (QED) is 0.894. The maximum Gasteiger partial charge on any atom is 0.128 e. The first kappa shape index (κ1) is 11.9. The van der Waals surface area contributed by atoms with E-state index in [4.69, 9.17) is 5.41 Å². The number of hydrogen-bond donors (Lipinski definition) is 1. The molecule has 2 aromatic rings. The van der Waals surface area contributed by atoms with Gasteiger partial charge in [-0.2, -0.15) is 0 Å². The Bertz CT molecular complexity index is 607. The highest BCUT2D eigenvalue weighted by atomic mass is 19.1. The normalized spacial score (nSPS) is 13.7. The Labute approximate surface area is 112 Å². The fourth-order valence-corrected chi connectivity index (χ4v) is 2.46. The second-order valence-electron chi connectivity index (χ2n) is 4.81. The Balaban J connectivity index is 1.71. The van der Waals surface area contributed by atoms with Crippen molar-refractivity contribution in [1.29, 1.82) is 5.41 Å². The van der Waals surface area contributed by atoms with Gasteiger partial charge in [0.2, 0.25) is 0 Å². The molecule has 3 rings (SSSR count). The molecular weight excluding hydrogens is 239 g/mol. The maximum absolute atomic E-state index is 13.2. The van der Waals surface area contributed by atoms with Crippen LogP contribution < -0.4 is 0 Å². The zero-order valence-corrected chi connectivity index (χ0v) is 10.6. The van der Waals surface area contributed by atoms with Crippen molar-refractivity contribution < 1.29 is 4.39 Å². The molecule has 2 nitrogen and oxygen atoms in total. The van der Waals surface area contributed by atoms with E-state index >= 15 is 0 Å². The van der Waals surface area contributed by atoms with Crippen LogP contribution in [0.25, 0.3) is 0 Å². The molecule has 0 aromatic heterocycles. The minimum Gasteiger partial charge on any atom is -0.352 e. The second-order valence-corrected chi connectivity index (χ2v) is 4.81. The lowest BCUT2D eigenvalue weighted by Crippen LogP contribution is -2.26. The van der Waals surface area contributed by atoms with Crippen LogP contribution in [-0.4, -0.2) is 17.3 Å². The molecule has 1 aliphatic rings. The van der Waals surface area contributed by atoms with E-state index in [1.54, 1.807) is 6.07 Å². The Morgan fingerprint density at radius 1 is 1.11 bits per heavy atom. The first-order chi connectivity index (χ1) is 9.24. The molecule has 0 bridgehead atoms. The number of amidine groups is 1. The van der Waals surface area contributed by atoms with Gasteiger partial charge >= 0.3 is 0 Å². The molecule has 0 radical (unpaired) electrons. The average Bonchev–Trinajstić information content (AvgIpc) is 2.74. The second kappa shape index (κ2) is 4.84. The van der Waals surface area contributed by atoms with E-state index in [1.807, 2.05) is 23.1 Å². The van der Waals surface area contributed by atoms with Crippen LogP contribution in [0.3, 0.4) is 0 Å². The van der Waals surface area contributed by atoms with Crippen molar-refractivity contribution in [3.8, 4) is 0 Å². The van der Waals surface area contributed by atoms with Crippen molar-refractivity contribution in [2.45, 2.75) is 13.0 Å². The molecule has 0 atom stereocenters. The van der Waals surface area contributed by atoms with Gasteiger partial charge in [-0.05, 0) is 29.7 Å². The molecule has 1 heterocycles. The number of hydrogen-bond acceptors (Lipinski definition) is 1. The molecule has 19 heavy (non-hydrogen) atoms. The summed E-state index contributed by atoms with van der Waals surface area (Å²) < 4.78 is 13.2. The van der Waals surface area contributed by atoms with Crippen molar-refractivity contribution in [2.75, 3.05) is 6.54 Å². The van der Waals surface area contributed by atoms with E-state index in [0.29, 0.717) is 12.4 Å². The molecule has 0 saturated carbocycles. The van der Waals surface area contributed by atoms with E-state index in [1.165, 1.54) is 17.7 Å². The number of rotatable bonds is 3. The number of benzene rings is 2. The van der Waals surface area contributed by atoms with Crippen molar-refractivity contribution >= 4 is 5.84 Å². The predicted molar refractivity (Wildman–Crippen MR) is 73.8 cm³/mol. The third kappa shape index (κ3) is 2.36. The minimum absolute atomic E-state index is 0.270. The summed E-state index contributed by atoms with van der Waals surface area (Å²) in [6, 6.07) is 14.9. The molecular formula is C16H15FN2. The zero-order valence-electron chi connectivity index (χ0n) is 10.6. The molecule has 0 unspecified atom stereocenters. The minimum atomic E-state index is -0.270. The first-order valence-corrected chi connectivity index (χ1v) is 6.40. The molecule has 2 aromatic carbocycles. The van der Waals surface area contributed by atoms with Gasteiger partial charge in [-0.1, -0.05) is 36.4 Å². The van der Waals surface area contributed by atoms with Gasteiger partial charge in [-0.15, -0.1) is 0 Å². The van der Waals surface area contributed by atoms with Gasteiger partial charge in [-0.3, -0.25) is 5.41 Å². The summed E-state index contributed by atoms with van der Waals surface area (Å²) in [5.41, 5.74) is 3.03. The highest BCUT2D eigenvalue weighted by Crippen LogP contribution is 2.23. The van der Waals surface area contributed by atoms with E-state index in [9.17, 15) is 4.39 Å². The molecule has 1 N–H and O–H groups in total. The first-order valence-electron chi connectivity index (χ1n) is 6.40. The van der Waals surface area contributed by atoms with Crippen LogP contribution in [0.5, 0.6) is 0 Å². The van der Waals surface area contributed by atoms with Crippen molar-refractivity contribution in [2.24, 2.45) is 0 Å². The summed E-state index contributed by atoms with van der Waals surface area (Å²) in [4.78, 5) is 2.00. The van der Waals surface area contributed by atoms with E-state index in [0.717, 1.165) is 24.1 Å². The number of nitrogens with one attached hydrogen (secondary N) is 1. The van der Waals surface area contributed by atoms with E-state index in [2.05, 4.69) is 12.1 Å². The van der Waals surface area contributed by atoms with Gasteiger partial charge in [-0.25, -0.2) is 4.39 Å². The van der Waals surface area contributed by atoms with E-state index < -0.39 is 0 Å². The summed E-state index contributed by atoms with van der Waals surface area (Å²) in [6.45, 7) is 1.50. The fourth-order valence-electron chi connectivity index (χ4n) is 2.46. The third-order valence-corrected chi connectivity index (χ3v) is 3.52. The Morgan fingerprint density at radius 2 is 1.89 bits per heavy atom. The van der Waals surface area contributed by atoms with Crippen LogP contribution in [0.2, 0.25) is 0 Å². The summed E-state index contributed by atoms with van der Waals surface area (Å²) in [7, 11) is 0. The lowest BCUT2D eigenvalue weighted by atomic mass is 10.1. The van der Waals surface area contributed by atoms with Gasteiger partial charge in [0, 0.05) is 18.7 Å². The van der Waals surface area contributed by atoms with Crippen LogP contribution >= 0.6 is 0 Å². The van der Waals surface area contributed by atoms with Crippen LogP contribution in [0.1, 0.15) is 16.7 Å². The molecule has 0 fully saturated rings. The van der Waals surface area contributed by atoms with Gasteiger partial charge in [0.1, 0.15) is 11.7 Å². The summed E-state index contributed by atoms with van der Waals surface area (Å²) >= 11 is 0. The van der Waals surface area contributed by atoms with Gasteiger partial charge in [0.05, 0.1) is 0 Å². The van der Waals surface area contributed by atoms with Crippen LogP contribution in [-0.2, 0) is 13.0 Å². The number of nitrogens with zero attached hydrogens (tertiary/aromatic N) is 1. The fraction of sp³-hybridized carbons (Fsp3) is 0.188. The zero-order chi connectivity index (χ0) is 13.2. The number of halogens is 1. The molecule has 3 heteroatoms. The molecule has 0 aliphatic carbocycles. The van der Waals surface area contributed by atoms with Gasteiger partial charge in [0.25, 0.3) is 0 Å². The Kier molecular flexibility index (Phi) is 3.03. The van der Waals surface area contributed by atoms with Gasteiger partial charge < -0.3 is 4.90 Å². The lowest BCUT2D eigenvalue weighted by Gasteiger charge is -2.17. The molecule has 0 saturated heterocycles. The topological polar surface area (TPSA) is 27.1 Å². The van der Waals surface area contributed by atoms with Crippen molar-refractivity contribution in [3.05, 3.63) is 71.0 Å². The molecule has 96 valence electrons. The summed E-state index contributed by atoms with van der Waals surface area (Å²) in [5, 5.41) is 8.11. The standard InChI is InChI=1S/C16H15FN2/c17-14-7-6-13-11-19(16(18)15(13)10-14)9-8-12-4-2-1-3-5-12/h1-7,10,18H,8-9,11H2. The SMILES string of the molecule is N=C1c2cc(F)ccc2CN1CCc1ccccc1. The van der Waals surface area contributed by atoms with E-state index in [-0.39, 0.29) is 5.82 Å². The monoisotopic (exact) mass is 254 g/mol. The van der Waals surface area contributed by atoms with Crippen molar-refractivity contribution in [1.82, 2.24) is 4.90 Å². The third-order valence-electron chi connectivity index (χ3n) is 3.52. The lowest BCUT2D eigenvalue weighted by molar-refractivity contribution is 0.432. The Hall–Kier alpha value is -2.16. The molecule has 0 spiro atoms.